The first-order chi connectivity index (χ1) is 8.41. The van der Waals surface area contributed by atoms with Crippen molar-refractivity contribution in [2.24, 2.45) is 0 Å². The molecule has 0 radical (unpaired) electrons. The highest BCUT2D eigenvalue weighted by Crippen LogP contribution is 2.41. The van der Waals surface area contributed by atoms with Gasteiger partial charge in [0.2, 0.25) is 0 Å². The molecule has 0 saturated carbocycles. The third kappa shape index (κ3) is 2.78. The van der Waals surface area contributed by atoms with Crippen LogP contribution in [0, 0.1) is 0 Å². The van der Waals surface area contributed by atoms with Crippen molar-refractivity contribution in [1.82, 2.24) is 5.32 Å². The minimum atomic E-state index is -0.142. The summed E-state index contributed by atoms with van der Waals surface area (Å²) in [5, 5.41) is 3.36. The zero-order chi connectivity index (χ0) is 13.3. The lowest BCUT2D eigenvalue weighted by Gasteiger charge is -2.37. The molecular weight excluding hydrogens is 226 g/mol. The Balaban J connectivity index is 2.33. The van der Waals surface area contributed by atoms with Gasteiger partial charge in [0, 0.05) is 24.1 Å². The zero-order valence-corrected chi connectivity index (χ0v) is 11.9. The number of rotatable bonds is 3. The summed E-state index contributed by atoms with van der Waals surface area (Å²) in [7, 11) is 1.99. The van der Waals surface area contributed by atoms with Crippen LogP contribution in [0.4, 0.5) is 0 Å². The Morgan fingerprint density at radius 3 is 2.72 bits per heavy atom. The molecule has 1 aliphatic heterocycles. The molecule has 1 aromatic carbocycles. The summed E-state index contributed by atoms with van der Waals surface area (Å²) in [6, 6.07) is 6.46. The van der Waals surface area contributed by atoms with E-state index in [0.29, 0.717) is 6.04 Å². The maximum absolute atomic E-state index is 6.05. The van der Waals surface area contributed by atoms with Gasteiger partial charge >= 0.3 is 0 Å². The van der Waals surface area contributed by atoms with Crippen LogP contribution in [0.1, 0.15) is 45.7 Å². The third-order valence-corrected chi connectivity index (χ3v) is 3.16. The molecule has 3 heteroatoms. The van der Waals surface area contributed by atoms with E-state index in [-0.39, 0.29) is 11.7 Å². The lowest BCUT2D eigenvalue weighted by molar-refractivity contribution is 0.0669. The van der Waals surface area contributed by atoms with Crippen molar-refractivity contribution in [3.8, 4) is 11.5 Å². The molecule has 0 saturated heterocycles. The van der Waals surface area contributed by atoms with E-state index < -0.39 is 0 Å². The normalized spacial score (nSPS) is 21.3. The highest BCUT2D eigenvalue weighted by atomic mass is 16.5. The van der Waals surface area contributed by atoms with Gasteiger partial charge in [-0.1, -0.05) is 6.07 Å². The van der Waals surface area contributed by atoms with Crippen molar-refractivity contribution in [3.63, 3.8) is 0 Å². The number of fused-ring (bicyclic) bond motifs is 1. The van der Waals surface area contributed by atoms with E-state index in [0.717, 1.165) is 17.9 Å². The lowest BCUT2D eigenvalue weighted by Crippen LogP contribution is -2.38. The maximum Gasteiger partial charge on any atom is 0.128 e. The van der Waals surface area contributed by atoms with Gasteiger partial charge in [0.05, 0.1) is 6.10 Å². The zero-order valence-electron chi connectivity index (χ0n) is 11.9. The Morgan fingerprint density at radius 1 is 1.39 bits per heavy atom. The number of hydrogen-bond acceptors (Lipinski definition) is 3. The first-order valence-corrected chi connectivity index (χ1v) is 6.58. The van der Waals surface area contributed by atoms with Crippen LogP contribution in [0.15, 0.2) is 18.2 Å². The number of nitrogens with one attached hydrogen (secondary N) is 1. The summed E-state index contributed by atoms with van der Waals surface area (Å²) in [5.41, 5.74) is 1.07. The average Bonchev–Trinajstić information content (AvgIpc) is 2.25. The van der Waals surface area contributed by atoms with Gasteiger partial charge in [0.15, 0.2) is 0 Å². The molecule has 2 rings (SSSR count). The van der Waals surface area contributed by atoms with Gasteiger partial charge in [0.25, 0.3) is 0 Å². The van der Waals surface area contributed by atoms with E-state index in [4.69, 9.17) is 9.47 Å². The van der Waals surface area contributed by atoms with Crippen LogP contribution in [-0.4, -0.2) is 18.8 Å². The summed E-state index contributed by atoms with van der Waals surface area (Å²) >= 11 is 0. The van der Waals surface area contributed by atoms with Gasteiger partial charge in [-0.25, -0.2) is 0 Å². The van der Waals surface area contributed by atoms with E-state index in [9.17, 15) is 0 Å². The SMILES string of the molecule is CNC1CC(C)(C)Oc2cc(OC(C)C)ccc21. The number of hydrogen-bond donors (Lipinski definition) is 1. The fraction of sp³-hybridized carbons (Fsp3) is 0.600. The molecule has 1 unspecified atom stereocenters. The van der Waals surface area contributed by atoms with E-state index >= 15 is 0 Å². The van der Waals surface area contributed by atoms with Crippen LogP contribution in [0.3, 0.4) is 0 Å². The maximum atomic E-state index is 6.05. The van der Waals surface area contributed by atoms with Gasteiger partial charge in [-0.15, -0.1) is 0 Å². The van der Waals surface area contributed by atoms with Gasteiger partial charge in [0.1, 0.15) is 17.1 Å². The van der Waals surface area contributed by atoms with E-state index in [1.165, 1.54) is 5.56 Å². The van der Waals surface area contributed by atoms with E-state index in [1.54, 1.807) is 0 Å². The quantitative estimate of drug-likeness (QED) is 0.891. The molecule has 1 aliphatic rings. The Bertz CT molecular complexity index is 427. The first-order valence-electron chi connectivity index (χ1n) is 6.58. The second-order valence-electron chi connectivity index (χ2n) is 5.77. The molecule has 0 amide bonds. The molecule has 100 valence electrons. The minimum Gasteiger partial charge on any atom is -0.491 e. The molecule has 0 fully saturated rings. The molecule has 1 heterocycles. The monoisotopic (exact) mass is 249 g/mol. The minimum absolute atomic E-state index is 0.142. The van der Waals surface area contributed by atoms with Crippen molar-refractivity contribution in [3.05, 3.63) is 23.8 Å². The van der Waals surface area contributed by atoms with Crippen molar-refractivity contribution < 1.29 is 9.47 Å². The predicted molar refractivity (Wildman–Crippen MR) is 73.3 cm³/mol. The predicted octanol–water partition coefficient (Wildman–Crippen LogP) is 3.30. The Morgan fingerprint density at radius 2 is 2.11 bits per heavy atom. The second-order valence-corrected chi connectivity index (χ2v) is 5.77. The van der Waals surface area contributed by atoms with E-state index in [2.05, 4.69) is 25.2 Å². The summed E-state index contributed by atoms with van der Waals surface area (Å²) in [6.07, 6.45) is 1.15. The molecule has 0 spiro atoms. The van der Waals surface area contributed by atoms with Crippen LogP contribution < -0.4 is 14.8 Å². The Kier molecular flexibility index (Phi) is 3.53. The average molecular weight is 249 g/mol. The summed E-state index contributed by atoms with van der Waals surface area (Å²) in [6.45, 7) is 8.30. The molecule has 18 heavy (non-hydrogen) atoms. The smallest absolute Gasteiger partial charge is 0.128 e. The molecule has 1 aromatic rings. The van der Waals surface area contributed by atoms with Gasteiger partial charge in [-0.3, -0.25) is 0 Å². The molecule has 0 aliphatic carbocycles. The summed E-state index contributed by atoms with van der Waals surface area (Å²) in [5.74, 6) is 1.81. The first kappa shape index (κ1) is 13.2. The number of benzene rings is 1. The van der Waals surface area contributed by atoms with Crippen LogP contribution in [-0.2, 0) is 0 Å². The van der Waals surface area contributed by atoms with Gasteiger partial charge < -0.3 is 14.8 Å². The molecule has 0 aromatic heterocycles. The molecule has 0 bridgehead atoms. The molecular formula is C15H23NO2. The van der Waals surface area contributed by atoms with Crippen LogP contribution in [0.2, 0.25) is 0 Å². The van der Waals surface area contributed by atoms with Gasteiger partial charge in [-0.2, -0.15) is 0 Å². The summed E-state index contributed by atoms with van der Waals surface area (Å²) in [4.78, 5) is 0. The van der Waals surface area contributed by atoms with Crippen molar-refractivity contribution in [2.45, 2.75) is 51.9 Å². The Hall–Kier alpha value is -1.22. The second kappa shape index (κ2) is 4.81. The fourth-order valence-corrected chi connectivity index (χ4v) is 2.43. The fourth-order valence-electron chi connectivity index (χ4n) is 2.43. The topological polar surface area (TPSA) is 30.5 Å². The van der Waals surface area contributed by atoms with Crippen molar-refractivity contribution in [1.29, 1.82) is 0 Å². The van der Waals surface area contributed by atoms with Crippen LogP contribution in [0.25, 0.3) is 0 Å². The highest BCUT2D eigenvalue weighted by Gasteiger charge is 2.33. The molecule has 1 N–H and O–H groups in total. The van der Waals surface area contributed by atoms with E-state index in [1.807, 2.05) is 33.0 Å². The van der Waals surface area contributed by atoms with Crippen LogP contribution >= 0.6 is 0 Å². The number of ether oxygens (including phenoxy) is 2. The Labute approximate surface area is 109 Å². The largest absolute Gasteiger partial charge is 0.491 e. The third-order valence-electron chi connectivity index (χ3n) is 3.16. The van der Waals surface area contributed by atoms with Crippen molar-refractivity contribution >= 4 is 0 Å². The molecule has 3 nitrogen and oxygen atoms in total. The molecule has 1 atom stereocenters. The lowest BCUT2D eigenvalue weighted by atomic mass is 9.90. The van der Waals surface area contributed by atoms with Crippen molar-refractivity contribution in [2.75, 3.05) is 7.05 Å². The summed E-state index contributed by atoms with van der Waals surface area (Å²) < 4.78 is 11.8. The van der Waals surface area contributed by atoms with Gasteiger partial charge in [-0.05, 0) is 40.8 Å². The highest BCUT2D eigenvalue weighted by molar-refractivity contribution is 5.44. The standard InChI is InChI=1S/C15H23NO2/c1-10(2)17-11-6-7-12-13(16-5)9-15(3,4)18-14(12)8-11/h6-8,10,13,16H,9H2,1-5H3. The van der Waals surface area contributed by atoms with Crippen LogP contribution in [0.5, 0.6) is 11.5 Å².